The summed E-state index contributed by atoms with van der Waals surface area (Å²) in [5.41, 5.74) is 5.55. The van der Waals surface area contributed by atoms with Crippen LogP contribution in [0.3, 0.4) is 0 Å². The molecule has 0 radical (unpaired) electrons. The number of halogens is 1. The van der Waals surface area contributed by atoms with E-state index in [9.17, 15) is 4.79 Å². The van der Waals surface area contributed by atoms with Gasteiger partial charge in [-0.3, -0.25) is 10.1 Å². The van der Waals surface area contributed by atoms with Crippen molar-refractivity contribution >= 4 is 56.0 Å². The molecule has 0 bridgehead atoms. The van der Waals surface area contributed by atoms with E-state index in [1.165, 1.54) is 0 Å². The van der Waals surface area contributed by atoms with Crippen molar-refractivity contribution in [2.75, 3.05) is 5.32 Å². The van der Waals surface area contributed by atoms with Crippen molar-refractivity contribution < 1.29 is 9.21 Å². The van der Waals surface area contributed by atoms with Crippen LogP contribution in [-0.2, 0) is 0 Å². The number of anilines is 1. The molecule has 0 aliphatic carbocycles. The highest BCUT2D eigenvalue weighted by Gasteiger charge is 2.12. The summed E-state index contributed by atoms with van der Waals surface area (Å²) in [4.78, 5) is 17.1. The molecule has 150 valence electrons. The third kappa shape index (κ3) is 4.42. The largest absolute Gasteiger partial charge is 0.436 e. The van der Waals surface area contributed by atoms with Crippen LogP contribution < -0.4 is 10.6 Å². The summed E-state index contributed by atoms with van der Waals surface area (Å²) in [7, 11) is 0. The lowest BCUT2D eigenvalue weighted by atomic mass is 10.1. The number of amides is 1. The summed E-state index contributed by atoms with van der Waals surface area (Å²) in [5, 5.41) is 5.97. The van der Waals surface area contributed by atoms with Crippen LogP contribution in [0.1, 0.15) is 21.5 Å². The Morgan fingerprint density at radius 1 is 1.07 bits per heavy atom. The number of fused-ring (bicyclic) bond motifs is 1. The van der Waals surface area contributed by atoms with E-state index in [0.717, 1.165) is 21.2 Å². The third-order valence-electron chi connectivity index (χ3n) is 4.57. The van der Waals surface area contributed by atoms with Gasteiger partial charge >= 0.3 is 0 Å². The van der Waals surface area contributed by atoms with Crippen LogP contribution in [0.4, 0.5) is 5.69 Å². The van der Waals surface area contributed by atoms with Gasteiger partial charge in [0.25, 0.3) is 5.91 Å². The van der Waals surface area contributed by atoms with E-state index < -0.39 is 0 Å². The predicted octanol–water partition coefficient (Wildman–Crippen LogP) is 6.00. The maximum Gasteiger partial charge on any atom is 0.257 e. The van der Waals surface area contributed by atoms with Gasteiger partial charge in [0, 0.05) is 21.3 Å². The summed E-state index contributed by atoms with van der Waals surface area (Å²) in [5.74, 6) is 0.290. The molecule has 3 aromatic carbocycles. The number of aryl methyl sites for hydroxylation is 2. The summed E-state index contributed by atoms with van der Waals surface area (Å²) >= 11 is 8.77. The lowest BCUT2D eigenvalue weighted by Gasteiger charge is -2.11. The van der Waals surface area contributed by atoms with E-state index in [-0.39, 0.29) is 11.0 Å². The van der Waals surface area contributed by atoms with Gasteiger partial charge < -0.3 is 9.73 Å². The van der Waals surface area contributed by atoms with Crippen LogP contribution in [-0.4, -0.2) is 16.0 Å². The number of benzene rings is 3. The molecule has 7 heteroatoms. The maximum absolute atomic E-state index is 12.5. The van der Waals surface area contributed by atoms with Gasteiger partial charge in [0.1, 0.15) is 5.52 Å². The van der Waals surface area contributed by atoms with Gasteiger partial charge in [-0.1, -0.05) is 39.7 Å². The topological polar surface area (TPSA) is 67.2 Å². The van der Waals surface area contributed by atoms with Crippen LogP contribution in [0.2, 0.25) is 0 Å². The summed E-state index contributed by atoms with van der Waals surface area (Å²) in [6.45, 7) is 3.89. The molecule has 1 heterocycles. The predicted molar refractivity (Wildman–Crippen MR) is 127 cm³/mol. The van der Waals surface area contributed by atoms with Crippen molar-refractivity contribution in [1.29, 1.82) is 0 Å². The van der Waals surface area contributed by atoms with Crippen molar-refractivity contribution in [3.8, 4) is 11.5 Å². The number of hydrogen-bond donors (Lipinski definition) is 2. The first-order chi connectivity index (χ1) is 14.4. The minimum absolute atomic E-state index is 0.218. The Balaban J connectivity index is 1.49. The number of carbonyl (C=O) groups is 1. The number of carbonyl (C=O) groups excluding carboxylic acids is 1. The summed E-state index contributed by atoms with van der Waals surface area (Å²) < 4.78 is 6.81. The zero-order valence-electron chi connectivity index (χ0n) is 16.3. The van der Waals surface area contributed by atoms with Gasteiger partial charge in [-0.15, -0.1) is 0 Å². The normalized spacial score (nSPS) is 10.8. The lowest BCUT2D eigenvalue weighted by molar-refractivity contribution is 0.0977. The molecule has 0 spiro atoms. The zero-order valence-corrected chi connectivity index (χ0v) is 18.7. The first-order valence-corrected chi connectivity index (χ1v) is 10.5. The molecular weight excluding hydrogens is 462 g/mol. The van der Waals surface area contributed by atoms with Gasteiger partial charge in [0.05, 0.1) is 0 Å². The minimum atomic E-state index is -0.246. The molecule has 0 saturated heterocycles. The minimum Gasteiger partial charge on any atom is -0.436 e. The van der Waals surface area contributed by atoms with Crippen LogP contribution in [0.15, 0.2) is 69.6 Å². The first kappa shape index (κ1) is 20.3. The second-order valence-electron chi connectivity index (χ2n) is 6.94. The molecule has 0 fully saturated rings. The summed E-state index contributed by atoms with van der Waals surface area (Å²) in [6, 6.07) is 18.9. The highest BCUT2D eigenvalue weighted by Crippen LogP contribution is 2.27. The average molecular weight is 480 g/mol. The molecule has 1 aromatic heterocycles. The molecule has 0 aliphatic heterocycles. The first-order valence-electron chi connectivity index (χ1n) is 9.25. The molecule has 0 unspecified atom stereocenters. The van der Waals surface area contributed by atoms with Crippen molar-refractivity contribution in [3.63, 3.8) is 0 Å². The van der Waals surface area contributed by atoms with Crippen molar-refractivity contribution in [3.05, 3.63) is 81.8 Å². The fraction of sp³-hybridized carbons (Fsp3) is 0.0870. The smallest absolute Gasteiger partial charge is 0.257 e. The van der Waals surface area contributed by atoms with Crippen LogP contribution in [0, 0.1) is 13.8 Å². The number of oxazole rings is 1. The molecular formula is C23H18BrN3O2S. The highest BCUT2D eigenvalue weighted by molar-refractivity contribution is 9.10. The molecule has 4 rings (SSSR count). The maximum atomic E-state index is 12.5. The number of thiocarbonyl (C=S) groups is 1. The van der Waals surface area contributed by atoms with E-state index in [2.05, 4.69) is 31.5 Å². The Bertz CT molecular complexity index is 1280. The Hall–Kier alpha value is -3.03. The molecule has 4 aromatic rings. The number of aromatic nitrogens is 1. The van der Waals surface area contributed by atoms with E-state index in [1.54, 1.807) is 6.07 Å². The molecule has 5 nitrogen and oxygen atoms in total. The monoisotopic (exact) mass is 479 g/mol. The van der Waals surface area contributed by atoms with E-state index in [4.69, 9.17) is 16.6 Å². The van der Waals surface area contributed by atoms with E-state index in [1.807, 2.05) is 68.4 Å². The van der Waals surface area contributed by atoms with Gasteiger partial charge in [-0.25, -0.2) is 4.98 Å². The van der Waals surface area contributed by atoms with Crippen LogP contribution >= 0.6 is 28.1 Å². The molecule has 1 amide bonds. The molecule has 0 atom stereocenters. The highest BCUT2D eigenvalue weighted by atomic mass is 79.9. The standard InChI is InChI=1S/C23H18BrN3O2S/c1-13-6-8-18(14(2)10-13)21(28)27-23(30)25-17-7-9-20-19(12-17)26-22(29-20)15-4-3-5-16(24)11-15/h3-12H,1-2H3,(H2,25,27,28,30). The molecule has 30 heavy (non-hydrogen) atoms. The quantitative estimate of drug-likeness (QED) is 0.352. The molecule has 0 aliphatic rings. The zero-order chi connectivity index (χ0) is 21.3. The van der Waals surface area contributed by atoms with Crippen molar-refractivity contribution in [2.24, 2.45) is 0 Å². The Morgan fingerprint density at radius 2 is 1.90 bits per heavy atom. The second-order valence-corrected chi connectivity index (χ2v) is 8.26. The fourth-order valence-corrected chi connectivity index (χ4v) is 3.76. The van der Waals surface area contributed by atoms with Gasteiger partial charge in [-0.05, 0) is 74.1 Å². The van der Waals surface area contributed by atoms with Crippen LogP contribution in [0.5, 0.6) is 0 Å². The van der Waals surface area contributed by atoms with Gasteiger partial charge in [0.15, 0.2) is 10.7 Å². The SMILES string of the molecule is Cc1ccc(C(=O)NC(=S)Nc2ccc3oc(-c4cccc(Br)c4)nc3c2)c(C)c1. The van der Waals surface area contributed by atoms with Crippen LogP contribution in [0.25, 0.3) is 22.6 Å². The Kier molecular flexibility index (Phi) is 5.65. The molecule has 2 N–H and O–H groups in total. The molecule has 0 saturated carbocycles. The average Bonchev–Trinajstić information content (AvgIpc) is 3.11. The number of hydrogen-bond acceptors (Lipinski definition) is 4. The lowest BCUT2D eigenvalue weighted by Crippen LogP contribution is -2.34. The number of rotatable bonds is 3. The summed E-state index contributed by atoms with van der Waals surface area (Å²) in [6.07, 6.45) is 0. The number of nitrogens with zero attached hydrogens (tertiary/aromatic N) is 1. The Labute approximate surface area is 187 Å². The van der Waals surface area contributed by atoms with Crippen molar-refractivity contribution in [2.45, 2.75) is 13.8 Å². The fourth-order valence-electron chi connectivity index (χ4n) is 3.15. The van der Waals surface area contributed by atoms with Gasteiger partial charge in [0.2, 0.25) is 5.89 Å². The Morgan fingerprint density at radius 3 is 2.67 bits per heavy atom. The van der Waals surface area contributed by atoms with Crippen molar-refractivity contribution in [1.82, 2.24) is 10.3 Å². The third-order valence-corrected chi connectivity index (χ3v) is 5.27. The second kappa shape index (κ2) is 8.38. The van der Waals surface area contributed by atoms with E-state index >= 15 is 0 Å². The van der Waals surface area contributed by atoms with Gasteiger partial charge in [-0.2, -0.15) is 0 Å². The number of nitrogens with one attached hydrogen (secondary N) is 2. The van der Waals surface area contributed by atoms with E-state index in [0.29, 0.717) is 28.2 Å².